The highest BCUT2D eigenvalue weighted by Crippen LogP contribution is 2.41. The van der Waals surface area contributed by atoms with Crippen molar-refractivity contribution in [3.63, 3.8) is 0 Å². The molecule has 2 unspecified atom stereocenters. The predicted molar refractivity (Wildman–Crippen MR) is 102 cm³/mol. The summed E-state index contributed by atoms with van der Waals surface area (Å²) < 4.78 is 22.0. The van der Waals surface area contributed by atoms with Crippen molar-refractivity contribution in [2.75, 3.05) is 20.3 Å². The molecule has 0 bridgehead atoms. The van der Waals surface area contributed by atoms with Crippen LogP contribution in [-0.4, -0.2) is 42.6 Å². The lowest BCUT2D eigenvalue weighted by Crippen LogP contribution is -2.36. The van der Waals surface area contributed by atoms with Crippen LogP contribution in [0.5, 0.6) is 23.0 Å². The number of benzene rings is 2. The zero-order chi connectivity index (χ0) is 20.1. The molecule has 2 aromatic carbocycles. The average Bonchev–Trinajstić information content (AvgIpc) is 2.71. The second kappa shape index (κ2) is 8.67. The van der Waals surface area contributed by atoms with Crippen molar-refractivity contribution in [3.05, 3.63) is 53.6 Å². The molecule has 2 N–H and O–H groups in total. The molecule has 2 aromatic rings. The van der Waals surface area contributed by atoms with E-state index in [2.05, 4.69) is 0 Å². The summed E-state index contributed by atoms with van der Waals surface area (Å²) in [6.45, 7) is 1.78. The van der Waals surface area contributed by atoms with Crippen LogP contribution in [0.15, 0.2) is 42.5 Å². The van der Waals surface area contributed by atoms with Crippen LogP contribution >= 0.6 is 0 Å². The van der Waals surface area contributed by atoms with Crippen molar-refractivity contribution < 1.29 is 34.0 Å². The third-order valence-corrected chi connectivity index (χ3v) is 4.25. The molecule has 0 spiro atoms. The molecular weight excluding hydrogens is 364 g/mol. The average molecular weight is 386 g/mol. The van der Waals surface area contributed by atoms with E-state index in [-0.39, 0.29) is 12.4 Å². The van der Waals surface area contributed by atoms with Crippen LogP contribution in [0.25, 0.3) is 6.08 Å². The van der Waals surface area contributed by atoms with Crippen molar-refractivity contribution in [1.82, 2.24) is 0 Å². The maximum Gasteiger partial charge on any atom is 0.330 e. The summed E-state index contributed by atoms with van der Waals surface area (Å²) in [5.74, 6) is 0.874. The summed E-state index contributed by atoms with van der Waals surface area (Å²) in [4.78, 5) is 11.5. The largest absolute Gasteiger partial charge is 0.504 e. The van der Waals surface area contributed by atoms with E-state index < -0.39 is 18.2 Å². The number of fused-ring (bicyclic) bond motifs is 1. The number of carbonyl (C=O) groups excluding carboxylic acids is 1. The Morgan fingerprint density at radius 2 is 2.00 bits per heavy atom. The van der Waals surface area contributed by atoms with Gasteiger partial charge in [-0.25, -0.2) is 4.79 Å². The van der Waals surface area contributed by atoms with E-state index >= 15 is 0 Å². The van der Waals surface area contributed by atoms with Crippen molar-refractivity contribution in [2.24, 2.45) is 0 Å². The molecule has 0 saturated carbocycles. The second-order valence-electron chi connectivity index (χ2n) is 6.10. The molecule has 1 aliphatic rings. The van der Waals surface area contributed by atoms with Gasteiger partial charge < -0.3 is 29.2 Å². The highest BCUT2D eigenvalue weighted by Gasteiger charge is 2.33. The second-order valence-corrected chi connectivity index (χ2v) is 6.10. The van der Waals surface area contributed by atoms with Gasteiger partial charge in [0.1, 0.15) is 0 Å². The normalized spacial score (nSPS) is 18.1. The first-order chi connectivity index (χ1) is 13.5. The van der Waals surface area contributed by atoms with Gasteiger partial charge in [0, 0.05) is 11.6 Å². The summed E-state index contributed by atoms with van der Waals surface area (Å²) in [5, 5.41) is 19.6. The van der Waals surface area contributed by atoms with E-state index in [1.807, 2.05) is 0 Å². The Hall–Kier alpha value is -3.19. The van der Waals surface area contributed by atoms with Gasteiger partial charge in [-0.3, -0.25) is 0 Å². The van der Waals surface area contributed by atoms with E-state index in [4.69, 9.17) is 18.9 Å². The number of methoxy groups -OCH3 is 1. The predicted octanol–water partition coefficient (Wildman–Crippen LogP) is 2.85. The number of aliphatic hydroxyl groups excluding tert-OH is 1. The van der Waals surface area contributed by atoms with Crippen LogP contribution in [-0.2, 0) is 9.53 Å². The third-order valence-electron chi connectivity index (χ3n) is 4.25. The lowest BCUT2D eigenvalue weighted by atomic mass is 10.0. The summed E-state index contributed by atoms with van der Waals surface area (Å²) in [6.07, 6.45) is 1.73. The molecular formula is C21H22O7. The molecule has 2 atom stereocenters. The fourth-order valence-electron chi connectivity index (χ4n) is 2.90. The highest BCUT2D eigenvalue weighted by atomic mass is 16.6. The molecule has 1 heterocycles. The molecule has 0 saturated heterocycles. The van der Waals surface area contributed by atoms with Gasteiger partial charge in [-0.15, -0.1) is 0 Å². The van der Waals surface area contributed by atoms with Gasteiger partial charge in [0.25, 0.3) is 0 Å². The maximum atomic E-state index is 11.5. The molecule has 0 aliphatic carbocycles. The summed E-state index contributed by atoms with van der Waals surface area (Å²) in [5.41, 5.74) is 1.43. The SMILES string of the molecule is CCOC(=O)C=Cc1ccc2c(c1)OC(CO)C(c1ccc(O)c(OC)c1)O2. The van der Waals surface area contributed by atoms with Crippen LogP contribution < -0.4 is 14.2 Å². The highest BCUT2D eigenvalue weighted by molar-refractivity contribution is 5.87. The first-order valence-electron chi connectivity index (χ1n) is 8.85. The number of ether oxygens (including phenoxy) is 4. The molecule has 0 amide bonds. The number of rotatable bonds is 6. The van der Waals surface area contributed by atoms with Crippen molar-refractivity contribution in [1.29, 1.82) is 0 Å². The Morgan fingerprint density at radius 3 is 2.71 bits per heavy atom. The molecule has 28 heavy (non-hydrogen) atoms. The molecule has 1 aliphatic heterocycles. The Labute approximate surface area is 162 Å². The zero-order valence-corrected chi connectivity index (χ0v) is 15.6. The number of hydrogen-bond donors (Lipinski definition) is 2. The van der Waals surface area contributed by atoms with Crippen LogP contribution in [0.3, 0.4) is 0 Å². The topological polar surface area (TPSA) is 94.5 Å². The minimum atomic E-state index is -0.647. The molecule has 7 nitrogen and oxygen atoms in total. The quantitative estimate of drug-likeness (QED) is 0.582. The van der Waals surface area contributed by atoms with Crippen LogP contribution in [0, 0.1) is 0 Å². The van der Waals surface area contributed by atoms with E-state index in [9.17, 15) is 15.0 Å². The van der Waals surface area contributed by atoms with E-state index in [1.165, 1.54) is 19.3 Å². The van der Waals surface area contributed by atoms with Gasteiger partial charge in [0.2, 0.25) is 0 Å². The molecule has 0 aromatic heterocycles. The Bertz CT molecular complexity index is 875. The number of carbonyl (C=O) groups is 1. The number of aromatic hydroxyl groups is 1. The smallest absolute Gasteiger partial charge is 0.330 e. The lowest BCUT2D eigenvalue weighted by molar-refractivity contribution is -0.137. The number of aliphatic hydroxyl groups is 1. The van der Waals surface area contributed by atoms with Crippen LogP contribution in [0.1, 0.15) is 24.2 Å². The van der Waals surface area contributed by atoms with Crippen LogP contribution in [0.4, 0.5) is 0 Å². The fraction of sp³-hybridized carbons (Fsp3) is 0.286. The number of esters is 1. The number of hydrogen-bond acceptors (Lipinski definition) is 7. The van der Waals surface area contributed by atoms with Crippen LogP contribution in [0.2, 0.25) is 0 Å². The van der Waals surface area contributed by atoms with E-state index in [1.54, 1.807) is 43.3 Å². The van der Waals surface area contributed by atoms with Gasteiger partial charge in [-0.05, 0) is 42.8 Å². The zero-order valence-electron chi connectivity index (χ0n) is 15.6. The van der Waals surface area contributed by atoms with E-state index in [0.29, 0.717) is 29.4 Å². The number of phenols is 1. The Morgan fingerprint density at radius 1 is 1.18 bits per heavy atom. The van der Waals surface area contributed by atoms with Crippen molar-refractivity contribution >= 4 is 12.0 Å². The third kappa shape index (κ3) is 4.20. The summed E-state index contributed by atoms with van der Waals surface area (Å²) in [6, 6.07) is 10.1. The maximum absolute atomic E-state index is 11.5. The van der Waals surface area contributed by atoms with E-state index in [0.717, 1.165) is 5.56 Å². The Balaban J connectivity index is 1.85. The van der Waals surface area contributed by atoms with Crippen molar-refractivity contribution in [3.8, 4) is 23.0 Å². The molecule has 7 heteroatoms. The minimum absolute atomic E-state index is 0.0157. The summed E-state index contributed by atoms with van der Waals surface area (Å²) in [7, 11) is 1.46. The van der Waals surface area contributed by atoms with Gasteiger partial charge in [0.05, 0.1) is 20.3 Å². The molecule has 148 valence electrons. The first-order valence-corrected chi connectivity index (χ1v) is 8.85. The van der Waals surface area contributed by atoms with Gasteiger partial charge in [-0.2, -0.15) is 0 Å². The van der Waals surface area contributed by atoms with Gasteiger partial charge in [0.15, 0.2) is 35.2 Å². The molecule has 3 rings (SSSR count). The monoisotopic (exact) mass is 386 g/mol. The van der Waals surface area contributed by atoms with Crippen molar-refractivity contribution in [2.45, 2.75) is 19.1 Å². The molecule has 0 fully saturated rings. The fourth-order valence-corrected chi connectivity index (χ4v) is 2.90. The molecule has 0 radical (unpaired) electrons. The lowest BCUT2D eigenvalue weighted by Gasteiger charge is -2.33. The Kier molecular flexibility index (Phi) is 6.06. The van der Waals surface area contributed by atoms with Gasteiger partial charge in [-0.1, -0.05) is 12.1 Å². The van der Waals surface area contributed by atoms with Gasteiger partial charge >= 0.3 is 5.97 Å². The number of phenolic OH excluding ortho intramolecular Hbond substituents is 1. The minimum Gasteiger partial charge on any atom is -0.504 e. The first kappa shape index (κ1) is 19.6. The summed E-state index contributed by atoms with van der Waals surface area (Å²) >= 11 is 0. The standard InChI is InChI=1S/C21H22O7/c1-3-26-20(24)9-5-13-4-8-16-18(10-13)27-19(12-22)21(28-16)14-6-7-15(23)17(11-14)25-2/h4-11,19,21-23H,3,12H2,1-2H3.